The summed E-state index contributed by atoms with van der Waals surface area (Å²) < 4.78 is 31.3. The summed E-state index contributed by atoms with van der Waals surface area (Å²) in [7, 11) is -1.57. The number of sulfonamides is 1. The SMILES string of the molecule is COC(=O)C1=C(O)c2sc3ccccc3c2S(=O)(=O)N1C. The van der Waals surface area contributed by atoms with Crippen LogP contribution in [0, 0.1) is 0 Å². The fourth-order valence-electron chi connectivity index (χ4n) is 2.27. The molecule has 1 N–H and O–H groups in total. The van der Waals surface area contributed by atoms with Crippen LogP contribution in [0.5, 0.6) is 0 Å². The molecule has 1 aliphatic heterocycles. The molecule has 0 saturated carbocycles. The predicted octanol–water partition coefficient (Wildman–Crippen LogP) is 1.94. The monoisotopic (exact) mass is 325 g/mol. The van der Waals surface area contributed by atoms with E-state index in [4.69, 9.17) is 0 Å². The highest BCUT2D eigenvalue weighted by Crippen LogP contribution is 2.44. The Morgan fingerprint density at radius 1 is 1.33 bits per heavy atom. The first kappa shape index (κ1) is 13.9. The number of aliphatic hydroxyl groups is 1. The zero-order valence-electron chi connectivity index (χ0n) is 11.2. The molecule has 6 nitrogen and oxygen atoms in total. The molecule has 0 fully saturated rings. The summed E-state index contributed by atoms with van der Waals surface area (Å²) in [6.07, 6.45) is 0. The van der Waals surface area contributed by atoms with Crippen molar-refractivity contribution in [1.82, 2.24) is 4.31 Å². The Labute approximate surface area is 124 Å². The minimum atomic E-state index is -3.92. The van der Waals surface area contributed by atoms with Gasteiger partial charge in [0.25, 0.3) is 10.0 Å². The van der Waals surface area contributed by atoms with Crippen LogP contribution in [0.2, 0.25) is 0 Å². The van der Waals surface area contributed by atoms with E-state index in [0.717, 1.165) is 27.5 Å². The van der Waals surface area contributed by atoms with Gasteiger partial charge in [0.05, 0.1) is 12.0 Å². The van der Waals surface area contributed by atoms with Gasteiger partial charge in [-0.2, -0.15) is 0 Å². The zero-order valence-corrected chi connectivity index (χ0v) is 12.8. The first-order valence-electron chi connectivity index (χ1n) is 5.92. The summed E-state index contributed by atoms with van der Waals surface area (Å²) in [6.45, 7) is 0. The van der Waals surface area contributed by atoms with E-state index < -0.39 is 16.0 Å². The molecule has 0 atom stereocenters. The fourth-order valence-corrected chi connectivity index (χ4v) is 5.28. The molecule has 1 aromatic heterocycles. The minimum absolute atomic E-state index is 0.0238. The number of aliphatic hydroxyl groups excluding tert-OH is 1. The number of carbonyl (C=O) groups is 1. The Morgan fingerprint density at radius 3 is 2.67 bits per heavy atom. The third-order valence-electron chi connectivity index (χ3n) is 3.30. The van der Waals surface area contributed by atoms with E-state index in [0.29, 0.717) is 5.39 Å². The van der Waals surface area contributed by atoms with Crippen LogP contribution in [0.25, 0.3) is 15.8 Å². The third kappa shape index (κ3) is 1.76. The summed E-state index contributed by atoms with van der Waals surface area (Å²) in [6, 6.07) is 6.94. The molecular formula is C13H11NO5S2. The Balaban J connectivity index is 2.45. The first-order chi connectivity index (χ1) is 9.89. The van der Waals surface area contributed by atoms with Crippen LogP contribution < -0.4 is 0 Å². The van der Waals surface area contributed by atoms with Gasteiger partial charge in [-0.25, -0.2) is 13.2 Å². The van der Waals surface area contributed by atoms with Crippen LogP contribution in [0.4, 0.5) is 0 Å². The number of rotatable bonds is 1. The second kappa shape index (κ2) is 4.47. The van der Waals surface area contributed by atoms with E-state index >= 15 is 0 Å². The lowest BCUT2D eigenvalue weighted by Crippen LogP contribution is -2.35. The maximum absolute atomic E-state index is 12.6. The maximum atomic E-state index is 12.6. The van der Waals surface area contributed by atoms with Crippen molar-refractivity contribution in [2.24, 2.45) is 0 Å². The van der Waals surface area contributed by atoms with Gasteiger partial charge in [-0.15, -0.1) is 11.3 Å². The zero-order chi connectivity index (χ0) is 15.4. The summed E-state index contributed by atoms with van der Waals surface area (Å²) in [4.78, 5) is 11.9. The summed E-state index contributed by atoms with van der Waals surface area (Å²) in [5.41, 5.74) is -0.378. The van der Waals surface area contributed by atoms with E-state index in [-0.39, 0.29) is 21.2 Å². The molecule has 21 heavy (non-hydrogen) atoms. The van der Waals surface area contributed by atoms with E-state index in [1.807, 2.05) is 0 Å². The quantitative estimate of drug-likeness (QED) is 0.810. The second-order valence-electron chi connectivity index (χ2n) is 4.42. The average Bonchev–Trinajstić information content (AvgIpc) is 2.86. The highest BCUT2D eigenvalue weighted by Gasteiger charge is 2.41. The number of hydrogen-bond acceptors (Lipinski definition) is 6. The van der Waals surface area contributed by atoms with Gasteiger partial charge in [-0.05, 0) is 6.07 Å². The van der Waals surface area contributed by atoms with Gasteiger partial charge < -0.3 is 9.84 Å². The topological polar surface area (TPSA) is 83.9 Å². The largest absolute Gasteiger partial charge is 0.504 e. The molecular weight excluding hydrogens is 314 g/mol. The van der Waals surface area contributed by atoms with Gasteiger partial charge in [-0.3, -0.25) is 4.31 Å². The van der Waals surface area contributed by atoms with Crippen molar-refractivity contribution >= 4 is 43.2 Å². The van der Waals surface area contributed by atoms with Crippen molar-refractivity contribution in [3.8, 4) is 0 Å². The molecule has 0 spiro atoms. The van der Waals surface area contributed by atoms with Crippen molar-refractivity contribution in [2.75, 3.05) is 14.2 Å². The number of thiophene rings is 1. The van der Waals surface area contributed by atoms with Crippen molar-refractivity contribution in [1.29, 1.82) is 0 Å². The first-order valence-corrected chi connectivity index (χ1v) is 8.17. The molecule has 8 heteroatoms. The van der Waals surface area contributed by atoms with Crippen LogP contribution in [0.1, 0.15) is 4.88 Å². The van der Waals surface area contributed by atoms with Crippen LogP contribution in [-0.2, 0) is 19.6 Å². The van der Waals surface area contributed by atoms with Crippen LogP contribution in [-0.4, -0.2) is 38.0 Å². The van der Waals surface area contributed by atoms with Gasteiger partial charge >= 0.3 is 5.97 Å². The highest BCUT2D eigenvalue weighted by atomic mass is 32.2. The number of likely N-dealkylation sites (N-methyl/N-ethyl adjacent to an activating group) is 1. The highest BCUT2D eigenvalue weighted by molar-refractivity contribution is 7.89. The van der Waals surface area contributed by atoms with Crippen LogP contribution in [0.3, 0.4) is 0 Å². The Bertz CT molecular complexity index is 894. The van der Waals surface area contributed by atoms with Gasteiger partial charge in [0.2, 0.25) is 0 Å². The number of methoxy groups -OCH3 is 1. The maximum Gasteiger partial charge on any atom is 0.359 e. The fraction of sp³-hybridized carbons (Fsp3) is 0.154. The van der Waals surface area contributed by atoms with Gasteiger partial charge in [-0.1, -0.05) is 18.2 Å². The molecule has 1 aliphatic rings. The number of hydrogen-bond donors (Lipinski definition) is 1. The van der Waals surface area contributed by atoms with Gasteiger partial charge in [0.1, 0.15) is 4.90 Å². The number of ether oxygens (including phenoxy) is 1. The average molecular weight is 325 g/mol. The smallest absolute Gasteiger partial charge is 0.359 e. The normalized spacial score (nSPS) is 17.0. The molecule has 0 radical (unpaired) electrons. The van der Waals surface area contributed by atoms with Crippen molar-refractivity contribution in [2.45, 2.75) is 4.90 Å². The van der Waals surface area contributed by atoms with E-state index in [1.165, 1.54) is 7.05 Å². The van der Waals surface area contributed by atoms with Gasteiger partial charge in [0, 0.05) is 17.1 Å². The Hall–Kier alpha value is -2.06. The molecule has 110 valence electrons. The lowest BCUT2D eigenvalue weighted by molar-refractivity contribution is -0.137. The van der Waals surface area contributed by atoms with Crippen molar-refractivity contribution in [3.63, 3.8) is 0 Å². The molecule has 0 unspecified atom stereocenters. The number of benzene rings is 1. The van der Waals surface area contributed by atoms with Crippen molar-refractivity contribution in [3.05, 3.63) is 34.8 Å². The standard InChI is InChI=1S/C13H11NO5S2/c1-14-9(13(16)19-2)10(15)11-12(21(14,17)18)7-5-3-4-6-8(7)20-11/h3-6,15H,1-2H3. The Kier molecular flexibility index (Phi) is 2.96. The molecule has 0 amide bonds. The van der Waals surface area contributed by atoms with E-state index in [9.17, 15) is 18.3 Å². The van der Waals surface area contributed by atoms with E-state index in [1.54, 1.807) is 24.3 Å². The predicted molar refractivity (Wildman–Crippen MR) is 78.3 cm³/mol. The molecule has 2 heterocycles. The number of carbonyl (C=O) groups excluding carboxylic acids is 1. The number of fused-ring (bicyclic) bond motifs is 3. The Morgan fingerprint density at radius 2 is 2.00 bits per heavy atom. The third-order valence-corrected chi connectivity index (χ3v) is 6.45. The number of nitrogens with zero attached hydrogens (tertiary/aromatic N) is 1. The molecule has 0 saturated heterocycles. The lowest BCUT2D eigenvalue weighted by Gasteiger charge is -2.26. The molecule has 2 aromatic rings. The molecule has 3 rings (SSSR count). The second-order valence-corrected chi connectivity index (χ2v) is 7.38. The molecule has 0 bridgehead atoms. The number of esters is 1. The van der Waals surface area contributed by atoms with Gasteiger partial charge in [0.15, 0.2) is 11.5 Å². The lowest BCUT2D eigenvalue weighted by atomic mass is 10.2. The summed E-state index contributed by atoms with van der Waals surface area (Å²) >= 11 is 1.12. The molecule has 1 aromatic carbocycles. The minimum Gasteiger partial charge on any atom is -0.504 e. The summed E-state index contributed by atoms with van der Waals surface area (Å²) in [5, 5.41) is 10.8. The van der Waals surface area contributed by atoms with Crippen molar-refractivity contribution < 1.29 is 23.1 Å². The van der Waals surface area contributed by atoms with E-state index in [2.05, 4.69) is 4.74 Å². The van der Waals surface area contributed by atoms with Crippen LogP contribution >= 0.6 is 11.3 Å². The summed E-state index contributed by atoms with van der Waals surface area (Å²) in [5.74, 6) is -1.28. The molecule has 0 aliphatic carbocycles. The van der Waals surface area contributed by atoms with Crippen LogP contribution in [0.15, 0.2) is 34.9 Å².